The summed E-state index contributed by atoms with van der Waals surface area (Å²) in [6.07, 6.45) is 4.97. The van der Waals surface area contributed by atoms with Crippen molar-refractivity contribution in [2.24, 2.45) is 20.0 Å². The van der Waals surface area contributed by atoms with Crippen LogP contribution in [-0.2, 0) is 27.2 Å². The fourth-order valence-electron chi connectivity index (χ4n) is 4.93. The minimum absolute atomic E-state index is 0.00281. The Hall–Kier alpha value is -3.63. The lowest BCUT2D eigenvalue weighted by molar-refractivity contribution is 0.563. The predicted octanol–water partition coefficient (Wildman–Crippen LogP) is 4.20. The third-order valence-corrected chi connectivity index (χ3v) is 6.97. The Morgan fingerprint density at radius 3 is 2.42 bits per heavy atom. The highest BCUT2D eigenvalue weighted by Gasteiger charge is 2.21. The Bertz CT molecular complexity index is 1360. The van der Waals surface area contributed by atoms with Gasteiger partial charge in [0.05, 0.1) is 12.7 Å². The molecular formula is C25H31F2N9. The molecular weight excluding hydrogens is 464 g/mol. The first-order valence-corrected chi connectivity index (χ1v) is 12.3. The van der Waals surface area contributed by atoms with Crippen LogP contribution in [0.3, 0.4) is 0 Å². The second kappa shape index (κ2) is 9.79. The van der Waals surface area contributed by atoms with E-state index in [2.05, 4.69) is 31.9 Å². The molecule has 0 unspecified atom stereocenters. The van der Waals surface area contributed by atoms with Crippen LogP contribution in [0.1, 0.15) is 48.1 Å². The lowest BCUT2D eigenvalue weighted by Crippen LogP contribution is -2.25. The van der Waals surface area contributed by atoms with Gasteiger partial charge in [-0.3, -0.25) is 4.68 Å². The summed E-state index contributed by atoms with van der Waals surface area (Å²) in [6.45, 7) is 4.80. The molecule has 3 heterocycles. The topological polar surface area (TPSA) is 89.6 Å². The van der Waals surface area contributed by atoms with E-state index in [-0.39, 0.29) is 12.1 Å². The molecule has 3 aromatic heterocycles. The number of hydrogen-bond donors (Lipinski definition) is 1. The van der Waals surface area contributed by atoms with Crippen LogP contribution in [0, 0.1) is 31.4 Å². The first-order valence-electron chi connectivity index (χ1n) is 12.3. The lowest BCUT2D eigenvalue weighted by atomic mass is 10.1. The Morgan fingerprint density at radius 2 is 1.75 bits per heavy atom. The van der Waals surface area contributed by atoms with Crippen LogP contribution in [0.25, 0.3) is 11.0 Å². The second-order valence-corrected chi connectivity index (χ2v) is 9.73. The maximum absolute atomic E-state index is 14.3. The van der Waals surface area contributed by atoms with Crippen molar-refractivity contribution in [3.8, 4) is 0 Å². The Kier molecular flexibility index (Phi) is 6.55. The maximum atomic E-state index is 14.3. The monoisotopic (exact) mass is 495 g/mol. The van der Waals surface area contributed by atoms with Gasteiger partial charge in [-0.2, -0.15) is 9.90 Å². The lowest BCUT2D eigenvalue weighted by Gasteiger charge is -2.23. The summed E-state index contributed by atoms with van der Waals surface area (Å²) in [7, 11) is 3.57. The zero-order valence-electron chi connectivity index (χ0n) is 21.1. The molecule has 0 spiro atoms. The van der Waals surface area contributed by atoms with Gasteiger partial charge in [0.1, 0.15) is 17.5 Å². The molecule has 9 nitrogen and oxygen atoms in total. The van der Waals surface area contributed by atoms with Crippen molar-refractivity contribution in [3.63, 3.8) is 0 Å². The van der Waals surface area contributed by atoms with Gasteiger partial charge in [-0.05, 0) is 61.6 Å². The molecule has 1 fully saturated rings. The van der Waals surface area contributed by atoms with Crippen LogP contribution in [-0.4, -0.2) is 41.5 Å². The Morgan fingerprint density at radius 1 is 1.03 bits per heavy atom. The highest BCUT2D eigenvalue weighted by molar-refractivity contribution is 5.81. The van der Waals surface area contributed by atoms with Crippen molar-refractivity contribution in [1.29, 1.82) is 0 Å². The van der Waals surface area contributed by atoms with Crippen molar-refractivity contribution in [2.45, 2.75) is 52.6 Å². The van der Waals surface area contributed by atoms with E-state index < -0.39 is 11.6 Å². The first-order chi connectivity index (χ1) is 17.3. The minimum Gasteiger partial charge on any atom is -0.369 e. The van der Waals surface area contributed by atoms with Gasteiger partial charge in [0, 0.05) is 43.2 Å². The maximum Gasteiger partial charge on any atom is 0.266 e. The van der Waals surface area contributed by atoms with E-state index >= 15 is 0 Å². The summed E-state index contributed by atoms with van der Waals surface area (Å²) >= 11 is 0. The fraction of sp³-hybridized carbons (Fsp3) is 0.480. The van der Waals surface area contributed by atoms with E-state index in [1.54, 1.807) is 11.7 Å². The van der Waals surface area contributed by atoms with Gasteiger partial charge in [0.15, 0.2) is 5.65 Å². The summed E-state index contributed by atoms with van der Waals surface area (Å²) < 4.78 is 30.4. The van der Waals surface area contributed by atoms with Crippen LogP contribution >= 0.6 is 0 Å². The summed E-state index contributed by atoms with van der Waals surface area (Å²) in [4.78, 5) is 8.16. The van der Waals surface area contributed by atoms with E-state index in [9.17, 15) is 8.78 Å². The molecule has 0 bridgehead atoms. The molecule has 0 saturated heterocycles. The molecule has 0 radical (unpaired) electrons. The average Bonchev–Trinajstić information content (AvgIpc) is 3.57. The predicted molar refractivity (Wildman–Crippen MR) is 133 cm³/mol. The number of nitrogens with one attached hydrogen (secondary N) is 1. The van der Waals surface area contributed by atoms with Gasteiger partial charge < -0.3 is 10.2 Å². The quantitative estimate of drug-likeness (QED) is 0.392. The minimum atomic E-state index is -0.579. The molecule has 0 atom stereocenters. The highest BCUT2D eigenvalue weighted by Crippen LogP contribution is 2.29. The SMILES string of the molecule is Cc1c(F)cc(CN(Cc2cc3c(C)nn(C)c3nc2NCC2CCCC2)c2nnn(C)n2)cc1F. The Labute approximate surface area is 208 Å². The van der Waals surface area contributed by atoms with E-state index in [4.69, 9.17) is 4.98 Å². The first kappa shape index (κ1) is 24.1. The van der Waals surface area contributed by atoms with Crippen LogP contribution < -0.4 is 10.2 Å². The molecule has 5 rings (SSSR count). The number of rotatable bonds is 8. The number of anilines is 2. The fourth-order valence-corrected chi connectivity index (χ4v) is 4.93. The van der Waals surface area contributed by atoms with Gasteiger partial charge in [-0.25, -0.2) is 13.8 Å². The number of fused-ring (bicyclic) bond motifs is 1. The van der Waals surface area contributed by atoms with Gasteiger partial charge in [0.25, 0.3) is 5.95 Å². The van der Waals surface area contributed by atoms with E-state index in [0.29, 0.717) is 24.0 Å². The van der Waals surface area contributed by atoms with Crippen molar-refractivity contribution >= 4 is 22.8 Å². The molecule has 0 amide bonds. The van der Waals surface area contributed by atoms with E-state index in [0.717, 1.165) is 34.7 Å². The Balaban J connectivity index is 1.52. The zero-order chi connectivity index (χ0) is 25.4. The number of halogens is 2. The number of aromatic nitrogens is 7. The average molecular weight is 496 g/mol. The van der Waals surface area contributed by atoms with Gasteiger partial charge in [0.2, 0.25) is 0 Å². The largest absolute Gasteiger partial charge is 0.369 e. The molecule has 1 saturated carbocycles. The van der Waals surface area contributed by atoms with Crippen molar-refractivity contribution < 1.29 is 8.78 Å². The smallest absolute Gasteiger partial charge is 0.266 e. The van der Waals surface area contributed by atoms with Crippen LogP contribution in [0.15, 0.2) is 18.2 Å². The molecule has 1 N–H and O–H groups in total. The van der Waals surface area contributed by atoms with Crippen molar-refractivity contribution in [2.75, 3.05) is 16.8 Å². The standard InChI is InChI=1S/C25H31F2N9/c1-15-21(26)9-18(10-22(15)27)13-36(25-30-33-35(4)32-25)14-19-11-20-16(2)31-34(3)24(20)29-23(19)28-12-17-7-5-6-8-17/h9-11,17H,5-8,12-14H2,1-4H3,(H,28,29). The molecule has 190 valence electrons. The number of aryl methyl sites for hydroxylation is 3. The summed E-state index contributed by atoms with van der Waals surface area (Å²) in [5.41, 5.74) is 3.10. The normalized spacial score (nSPS) is 14.2. The second-order valence-electron chi connectivity index (χ2n) is 9.73. The third-order valence-electron chi connectivity index (χ3n) is 6.97. The highest BCUT2D eigenvalue weighted by atomic mass is 19.1. The molecule has 11 heteroatoms. The van der Waals surface area contributed by atoms with Crippen molar-refractivity contribution in [1.82, 2.24) is 35.0 Å². The van der Waals surface area contributed by atoms with Crippen LogP contribution in [0.4, 0.5) is 20.5 Å². The number of hydrogen-bond acceptors (Lipinski definition) is 7. The number of nitrogens with zero attached hydrogens (tertiary/aromatic N) is 8. The van der Waals surface area contributed by atoms with Crippen LogP contribution in [0.5, 0.6) is 0 Å². The number of pyridine rings is 1. The molecule has 1 aromatic carbocycles. The number of benzene rings is 1. The molecule has 0 aliphatic heterocycles. The molecule has 1 aliphatic carbocycles. The van der Waals surface area contributed by atoms with Gasteiger partial charge in [-0.15, -0.1) is 5.10 Å². The van der Waals surface area contributed by atoms with E-state index in [1.165, 1.54) is 49.5 Å². The summed E-state index contributed by atoms with van der Waals surface area (Å²) in [5, 5.41) is 21.6. The van der Waals surface area contributed by atoms with E-state index in [1.807, 2.05) is 18.9 Å². The third kappa shape index (κ3) is 4.87. The summed E-state index contributed by atoms with van der Waals surface area (Å²) in [5.74, 6) is 0.603. The molecule has 1 aliphatic rings. The van der Waals surface area contributed by atoms with Gasteiger partial charge >= 0.3 is 0 Å². The molecule has 4 aromatic rings. The van der Waals surface area contributed by atoms with Gasteiger partial charge in [-0.1, -0.05) is 17.9 Å². The number of tetrazole rings is 1. The zero-order valence-corrected chi connectivity index (χ0v) is 21.1. The summed E-state index contributed by atoms with van der Waals surface area (Å²) in [6, 6.07) is 4.79. The van der Waals surface area contributed by atoms with Crippen molar-refractivity contribution in [3.05, 3.63) is 52.2 Å². The molecule has 36 heavy (non-hydrogen) atoms. The van der Waals surface area contributed by atoms with Crippen LogP contribution in [0.2, 0.25) is 0 Å².